The number of hydrogen-bond acceptors (Lipinski definition) is 3. The van der Waals surface area contributed by atoms with Crippen molar-refractivity contribution in [1.29, 1.82) is 0 Å². The van der Waals surface area contributed by atoms with E-state index in [0.29, 0.717) is 18.7 Å². The Morgan fingerprint density at radius 2 is 2.20 bits per heavy atom. The average molecular weight is 269 g/mol. The summed E-state index contributed by atoms with van der Waals surface area (Å²) < 4.78 is 0. The summed E-state index contributed by atoms with van der Waals surface area (Å²) in [5.74, 6) is 1.42. The van der Waals surface area contributed by atoms with Crippen molar-refractivity contribution < 1.29 is 4.79 Å². The molecule has 1 aromatic carbocycles. The van der Waals surface area contributed by atoms with Crippen molar-refractivity contribution in [2.75, 3.05) is 5.32 Å². The third kappa shape index (κ3) is 2.54. The number of H-pyrrole nitrogens is 2. The number of imidazole rings is 1. The van der Waals surface area contributed by atoms with Gasteiger partial charge in [-0.2, -0.15) is 5.10 Å². The van der Waals surface area contributed by atoms with Crippen LogP contribution in [0.4, 0.5) is 5.82 Å². The zero-order chi connectivity index (χ0) is 13.9. The zero-order valence-corrected chi connectivity index (χ0v) is 11.1. The SMILES string of the molecule is Cc1cn[nH]c1NC(=O)CCc1nc2ccccc2[nH]1. The number of carbonyl (C=O) groups excluding carboxylic acids is 1. The summed E-state index contributed by atoms with van der Waals surface area (Å²) in [7, 11) is 0. The van der Waals surface area contributed by atoms with Crippen LogP contribution in [0.1, 0.15) is 17.8 Å². The number of aromatic nitrogens is 4. The minimum atomic E-state index is -0.0576. The molecule has 0 spiro atoms. The number of fused-ring (bicyclic) bond motifs is 1. The smallest absolute Gasteiger partial charge is 0.225 e. The first kappa shape index (κ1) is 12.4. The summed E-state index contributed by atoms with van der Waals surface area (Å²) in [5.41, 5.74) is 2.83. The van der Waals surface area contributed by atoms with E-state index in [9.17, 15) is 4.79 Å². The first-order valence-electron chi connectivity index (χ1n) is 6.46. The van der Waals surface area contributed by atoms with Crippen LogP contribution in [-0.2, 0) is 11.2 Å². The molecule has 0 fully saturated rings. The fourth-order valence-corrected chi connectivity index (χ4v) is 2.03. The molecule has 0 bridgehead atoms. The standard InChI is InChI=1S/C14H15N5O/c1-9-8-15-19-14(9)18-13(20)7-6-12-16-10-4-2-3-5-11(10)17-12/h2-5,8H,6-7H2,1H3,(H,16,17)(H2,15,18,19,20). The van der Waals surface area contributed by atoms with Crippen molar-refractivity contribution in [2.24, 2.45) is 0 Å². The molecule has 0 aliphatic rings. The van der Waals surface area contributed by atoms with Crippen LogP contribution >= 0.6 is 0 Å². The van der Waals surface area contributed by atoms with E-state index in [1.54, 1.807) is 6.20 Å². The van der Waals surface area contributed by atoms with Crippen LogP contribution in [0.2, 0.25) is 0 Å². The van der Waals surface area contributed by atoms with Gasteiger partial charge in [0.05, 0.1) is 17.2 Å². The number of hydrogen-bond donors (Lipinski definition) is 3. The second-order valence-electron chi connectivity index (χ2n) is 4.68. The molecule has 6 heteroatoms. The number of carbonyl (C=O) groups is 1. The molecule has 3 N–H and O–H groups in total. The molecular formula is C14H15N5O. The van der Waals surface area contributed by atoms with E-state index in [4.69, 9.17) is 0 Å². The number of nitrogens with zero attached hydrogens (tertiary/aromatic N) is 2. The molecule has 1 amide bonds. The van der Waals surface area contributed by atoms with Crippen molar-refractivity contribution in [3.63, 3.8) is 0 Å². The molecule has 3 rings (SSSR count). The lowest BCUT2D eigenvalue weighted by Gasteiger charge is -2.02. The maximum atomic E-state index is 11.9. The number of aryl methyl sites for hydroxylation is 2. The third-order valence-electron chi connectivity index (χ3n) is 3.12. The molecule has 0 aliphatic heterocycles. The fraction of sp³-hybridized carbons (Fsp3) is 0.214. The second kappa shape index (κ2) is 5.16. The Balaban J connectivity index is 1.61. The van der Waals surface area contributed by atoms with Crippen LogP contribution in [0.15, 0.2) is 30.5 Å². The highest BCUT2D eigenvalue weighted by Crippen LogP contribution is 2.12. The van der Waals surface area contributed by atoms with Crippen LogP contribution in [0.25, 0.3) is 11.0 Å². The number of aromatic amines is 2. The fourth-order valence-electron chi connectivity index (χ4n) is 2.03. The van der Waals surface area contributed by atoms with Gasteiger partial charge in [0.15, 0.2) is 0 Å². The highest BCUT2D eigenvalue weighted by Gasteiger charge is 2.08. The predicted octanol–water partition coefficient (Wildman–Crippen LogP) is 2.17. The van der Waals surface area contributed by atoms with Gasteiger partial charge in [0, 0.05) is 18.4 Å². The van der Waals surface area contributed by atoms with E-state index >= 15 is 0 Å². The molecule has 2 heterocycles. The van der Waals surface area contributed by atoms with Gasteiger partial charge in [-0.25, -0.2) is 4.98 Å². The van der Waals surface area contributed by atoms with Crippen LogP contribution in [0.3, 0.4) is 0 Å². The minimum absolute atomic E-state index is 0.0576. The van der Waals surface area contributed by atoms with Gasteiger partial charge >= 0.3 is 0 Å². The molecule has 6 nitrogen and oxygen atoms in total. The molecule has 0 saturated heterocycles. The summed E-state index contributed by atoms with van der Waals surface area (Å²) >= 11 is 0. The molecule has 3 aromatic rings. The van der Waals surface area contributed by atoms with Crippen LogP contribution in [0.5, 0.6) is 0 Å². The van der Waals surface area contributed by atoms with Crippen LogP contribution < -0.4 is 5.32 Å². The average Bonchev–Trinajstić information content (AvgIpc) is 3.03. The molecule has 0 unspecified atom stereocenters. The largest absolute Gasteiger partial charge is 0.342 e. The zero-order valence-electron chi connectivity index (χ0n) is 11.1. The van der Waals surface area contributed by atoms with Gasteiger partial charge in [0.2, 0.25) is 5.91 Å². The number of anilines is 1. The number of benzene rings is 1. The van der Waals surface area contributed by atoms with E-state index in [1.807, 2.05) is 31.2 Å². The van der Waals surface area contributed by atoms with Gasteiger partial charge in [-0.3, -0.25) is 9.89 Å². The maximum Gasteiger partial charge on any atom is 0.225 e. The highest BCUT2D eigenvalue weighted by atomic mass is 16.1. The first-order valence-corrected chi connectivity index (χ1v) is 6.46. The molecule has 2 aromatic heterocycles. The minimum Gasteiger partial charge on any atom is -0.342 e. The molecule has 0 radical (unpaired) electrons. The van der Waals surface area contributed by atoms with Crippen molar-refractivity contribution >= 4 is 22.8 Å². The third-order valence-corrected chi connectivity index (χ3v) is 3.12. The molecule has 20 heavy (non-hydrogen) atoms. The quantitative estimate of drug-likeness (QED) is 0.678. The Bertz CT molecular complexity index is 710. The van der Waals surface area contributed by atoms with E-state index in [0.717, 1.165) is 22.4 Å². The van der Waals surface area contributed by atoms with Gasteiger partial charge < -0.3 is 10.3 Å². The topological polar surface area (TPSA) is 86.5 Å². The Morgan fingerprint density at radius 1 is 1.35 bits per heavy atom. The maximum absolute atomic E-state index is 11.9. The van der Waals surface area contributed by atoms with Gasteiger partial charge in [-0.05, 0) is 19.1 Å². The van der Waals surface area contributed by atoms with E-state index in [1.165, 1.54) is 0 Å². The second-order valence-corrected chi connectivity index (χ2v) is 4.68. The molecule has 0 saturated carbocycles. The summed E-state index contributed by atoms with van der Waals surface area (Å²) in [6.45, 7) is 1.89. The molecular weight excluding hydrogens is 254 g/mol. The van der Waals surface area contributed by atoms with Gasteiger partial charge in [0.25, 0.3) is 0 Å². The molecule has 0 atom stereocenters. The number of rotatable bonds is 4. The Hall–Kier alpha value is -2.63. The monoisotopic (exact) mass is 269 g/mol. The lowest BCUT2D eigenvalue weighted by atomic mass is 10.3. The molecule has 0 aliphatic carbocycles. The van der Waals surface area contributed by atoms with Crippen LogP contribution in [0, 0.1) is 6.92 Å². The van der Waals surface area contributed by atoms with Gasteiger partial charge in [-0.1, -0.05) is 12.1 Å². The lowest BCUT2D eigenvalue weighted by molar-refractivity contribution is -0.116. The van der Waals surface area contributed by atoms with Gasteiger partial charge in [0.1, 0.15) is 11.6 Å². The predicted molar refractivity (Wildman–Crippen MR) is 76.4 cm³/mol. The van der Waals surface area contributed by atoms with Gasteiger partial charge in [-0.15, -0.1) is 0 Å². The first-order chi connectivity index (χ1) is 9.72. The number of para-hydroxylation sites is 2. The van der Waals surface area contributed by atoms with E-state index < -0.39 is 0 Å². The Labute approximate surface area is 115 Å². The van der Waals surface area contributed by atoms with E-state index in [-0.39, 0.29) is 5.91 Å². The lowest BCUT2D eigenvalue weighted by Crippen LogP contribution is -2.13. The number of nitrogens with one attached hydrogen (secondary N) is 3. The van der Waals surface area contributed by atoms with Crippen LogP contribution in [-0.4, -0.2) is 26.1 Å². The summed E-state index contributed by atoms with van der Waals surface area (Å²) in [6.07, 6.45) is 2.63. The van der Waals surface area contributed by atoms with Crippen molar-refractivity contribution in [2.45, 2.75) is 19.8 Å². The summed E-state index contributed by atoms with van der Waals surface area (Å²) in [6, 6.07) is 7.82. The highest BCUT2D eigenvalue weighted by molar-refractivity contribution is 5.90. The summed E-state index contributed by atoms with van der Waals surface area (Å²) in [4.78, 5) is 19.5. The Kier molecular flexibility index (Phi) is 3.20. The molecule has 102 valence electrons. The van der Waals surface area contributed by atoms with Crippen molar-refractivity contribution in [3.05, 3.63) is 41.9 Å². The van der Waals surface area contributed by atoms with Crippen molar-refractivity contribution in [3.8, 4) is 0 Å². The normalized spacial score (nSPS) is 10.8. The van der Waals surface area contributed by atoms with Crippen molar-refractivity contribution in [1.82, 2.24) is 20.2 Å². The van der Waals surface area contributed by atoms with E-state index in [2.05, 4.69) is 25.5 Å². The summed E-state index contributed by atoms with van der Waals surface area (Å²) in [5, 5.41) is 9.41. The Morgan fingerprint density at radius 3 is 2.95 bits per heavy atom. The number of amides is 1.